The Bertz CT molecular complexity index is 739. The molecule has 0 atom stereocenters. The largest absolute Gasteiger partial charge is 0.494 e. The molecule has 0 saturated heterocycles. The summed E-state index contributed by atoms with van der Waals surface area (Å²) in [4.78, 5) is 29.9. The molecular weight excluding hydrogens is 400 g/mol. The van der Waals surface area contributed by atoms with E-state index in [2.05, 4.69) is 0 Å². The van der Waals surface area contributed by atoms with Crippen molar-refractivity contribution in [3.63, 3.8) is 0 Å². The predicted molar refractivity (Wildman–Crippen MR) is 118 cm³/mol. The number of amides is 2. The van der Waals surface area contributed by atoms with Crippen LogP contribution in [0.2, 0.25) is 0 Å². The first-order valence-electron chi connectivity index (χ1n) is 10.7. The van der Waals surface area contributed by atoms with Gasteiger partial charge in [-0.1, -0.05) is 12.1 Å². The van der Waals surface area contributed by atoms with Crippen LogP contribution in [0.15, 0.2) is 30.0 Å². The van der Waals surface area contributed by atoms with Crippen LogP contribution < -0.4 is 4.74 Å². The third kappa shape index (κ3) is 6.53. The summed E-state index contributed by atoms with van der Waals surface area (Å²) in [7, 11) is 3.22. The number of nitrogens with zero attached hydrogens (tertiary/aromatic N) is 2. The van der Waals surface area contributed by atoms with Crippen LogP contribution in [0.4, 0.5) is 0 Å². The van der Waals surface area contributed by atoms with E-state index in [1.54, 1.807) is 14.2 Å². The Morgan fingerprint density at radius 2 is 1.52 bits per heavy atom. The maximum absolute atomic E-state index is 13.4. The first-order chi connectivity index (χ1) is 15.1. The average molecular weight is 435 g/mol. The molecule has 0 saturated carbocycles. The monoisotopic (exact) mass is 434 g/mol. The molecule has 0 radical (unpaired) electrons. The first-order valence-corrected chi connectivity index (χ1v) is 10.7. The van der Waals surface area contributed by atoms with Crippen molar-refractivity contribution in [2.75, 3.05) is 66.9 Å². The van der Waals surface area contributed by atoms with Gasteiger partial charge in [-0.2, -0.15) is 0 Å². The van der Waals surface area contributed by atoms with Gasteiger partial charge < -0.3 is 23.8 Å². The van der Waals surface area contributed by atoms with Gasteiger partial charge in [-0.15, -0.1) is 0 Å². The fourth-order valence-corrected chi connectivity index (χ4v) is 3.41. The Labute approximate surface area is 184 Å². The zero-order valence-electron chi connectivity index (χ0n) is 19.0. The lowest BCUT2D eigenvalue weighted by Crippen LogP contribution is -2.38. The molecule has 0 aliphatic carbocycles. The molecule has 0 spiro atoms. The molecule has 1 heterocycles. The molecule has 8 nitrogen and oxygen atoms in total. The lowest BCUT2D eigenvalue weighted by atomic mass is 10.0. The Hall–Kier alpha value is -2.42. The summed E-state index contributed by atoms with van der Waals surface area (Å²) in [5, 5.41) is 0. The summed E-state index contributed by atoms with van der Waals surface area (Å²) in [6.45, 7) is 7.60. The van der Waals surface area contributed by atoms with Gasteiger partial charge in [0.1, 0.15) is 11.4 Å². The minimum absolute atomic E-state index is 0.291. The Morgan fingerprint density at radius 1 is 0.871 bits per heavy atom. The van der Waals surface area contributed by atoms with E-state index in [0.717, 1.165) is 5.75 Å². The van der Waals surface area contributed by atoms with Crippen LogP contribution in [-0.2, 0) is 23.8 Å². The Morgan fingerprint density at radius 3 is 2.06 bits per heavy atom. The lowest BCUT2D eigenvalue weighted by molar-refractivity contribution is -0.137. The molecule has 2 rings (SSSR count). The molecule has 1 aliphatic heterocycles. The van der Waals surface area contributed by atoms with Crippen LogP contribution >= 0.6 is 0 Å². The van der Waals surface area contributed by atoms with E-state index in [9.17, 15) is 9.59 Å². The molecule has 0 unspecified atom stereocenters. The predicted octanol–water partition coefficient (Wildman–Crippen LogP) is 2.19. The highest BCUT2D eigenvalue weighted by atomic mass is 16.5. The third-order valence-electron chi connectivity index (χ3n) is 4.92. The second kappa shape index (κ2) is 13.1. The van der Waals surface area contributed by atoms with Crippen LogP contribution in [0.25, 0.3) is 5.57 Å². The number of hydrogen-bond acceptors (Lipinski definition) is 7. The summed E-state index contributed by atoms with van der Waals surface area (Å²) in [5.41, 5.74) is 1.47. The van der Waals surface area contributed by atoms with Gasteiger partial charge in [0.05, 0.1) is 25.4 Å². The summed E-state index contributed by atoms with van der Waals surface area (Å²) >= 11 is 0. The van der Waals surface area contributed by atoms with E-state index in [4.69, 9.17) is 18.9 Å². The highest BCUT2D eigenvalue weighted by Crippen LogP contribution is 2.32. The molecular formula is C23H34N2O6. The summed E-state index contributed by atoms with van der Waals surface area (Å²) in [6.07, 6.45) is 0.589. The average Bonchev–Trinajstić information content (AvgIpc) is 3.02. The van der Waals surface area contributed by atoms with Crippen molar-refractivity contribution in [1.29, 1.82) is 0 Å². The highest BCUT2D eigenvalue weighted by Gasteiger charge is 2.41. The number of hydrogen-bond donors (Lipinski definition) is 0. The number of rotatable bonds is 15. The maximum Gasteiger partial charge on any atom is 0.277 e. The number of benzene rings is 1. The second-order valence-electron chi connectivity index (χ2n) is 6.97. The van der Waals surface area contributed by atoms with Gasteiger partial charge in [0.15, 0.2) is 0 Å². The van der Waals surface area contributed by atoms with E-state index in [-0.39, 0.29) is 11.8 Å². The van der Waals surface area contributed by atoms with Crippen molar-refractivity contribution < 1.29 is 28.5 Å². The summed E-state index contributed by atoms with van der Waals surface area (Å²) < 4.78 is 21.3. The number of imide groups is 1. The molecule has 0 N–H and O–H groups in total. The van der Waals surface area contributed by atoms with Crippen molar-refractivity contribution in [2.24, 2.45) is 0 Å². The second-order valence-corrected chi connectivity index (χ2v) is 6.97. The van der Waals surface area contributed by atoms with Crippen molar-refractivity contribution in [1.82, 2.24) is 9.80 Å². The summed E-state index contributed by atoms with van der Waals surface area (Å²) in [5.74, 6) is 0.132. The van der Waals surface area contributed by atoms with Crippen molar-refractivity contribution in [3.8, 4) is 5.75 Å². The zero-order valence-corrected chi connectivity index (χ0v) is 19.0. The maximum atomic E-state index is 13.4. The molecule has 1 aromatic rings. The fraction of sp³-hybridized carbons (Fsp3) is 0.565. The molecule has 172 valence electrons. The first kappa shape index (κ1) is 24.8. The number of methoxy groups -OCH3 is 2. The molecule has 1 aromatic carbocycles. The van der Waals surface area contributed by atoms with Crippen LogP contribution in [0, 0.1) is 0 Å². The molecule has 2 amide bonds. The van der Waals surface area contributed by atoms with Gasteiger partial charge in [-0.25, -0.2) is 0 Å². The van der Waals surface area contributed by atoms with E-state index in [1.807, 2.05) is 43.0 Å². The zero-order chi connectivity index (χ0) is 22.6. The minimum Gasteiger partial charge on any atom is -0.494 e. The fourth-order valence-electron chi connectivity index (χ4n) is 3.41. The van der Waals surface area contributed by atoms with Crippen molar-refractivity contribution >= 4 is 17.4 Å². The van der Waals surface area contributed by atoms with E-state index in [1.165, 1.54) is 4.90 Å². The smallest absolute Gasteiger partial charge is 0.277 e. The molecule has 0 aromatic heterocycles. The Balaban J connectivity index is 2.40. The normalized spacial score (nSPS) is 14.0. The minimum atomic E-state index is -0.294. The number of carbonyl (C=O) groups is 2. The van der Waals surface area contributed by atoms with E-state index in [0.29, 0.717) is 75.9 Å². The standard InChI is InChI=1S/C23H34N2O6/c1-5-30-15-7-12-25-22(26)20(18-8-10-19(11-9-18)31-6-2)21(23(25)27)24(13-16-28-3)14-17-29-4/h8-11H,5-7,12-17H2,1-4H3. The lowest BCUT2D eigenvalue weighted by Gasteiger charge is -2.25. The van der Waals surface area contributed by atoms with Gasteiger partial charge >= 0.3 is 0 Å². The molecule has 1 aliphatic rings. The van der Waals surface area contributed by atoms with E-state index < -0.39 is 0 Å². The molecule has 0 fully saturated rings. The third-order valence-corrected chi connectivity index (χ3v) is 4.92. The topological polar surface area (TPSA) is 77.5 Å². The van der Waals surface area contributed by atoms with E-state index >= 15 is 0 Å². The van der Waals surface area contributed by atoms with Gasteiger partial charge in [0.25, 0.3) is 11.8 Å². The van der Waals surface area contributed by atoms with Crippen molar-refractivity contribution in [2.45, 2.75) is 20.3 Å². The van der Waals surface area contributed by atoms with Crippen LogP contribution in [0.1, 0.15) is 25.8 Å². The van der Waals surface area contributed by atoms with Crippen LogP contribution in [-0.4, -0.2) is 88.5 Å². The van der Waals surface area contributed by atoms with Crippen molar-refractivity contribution in [3.05, 3.63) is 35.5 Å². The summed E-state index contributed by atoms with van der Waals surface area (Å²) in [6, 6.07) is 7.27. The van der Waals surface area contributed by atoms with Gasteiger partial charge in [-0.3, -0.25) is 14.5 Å². The van der Waals surface area contributed by atoms with Gasteiger partial charge in [-0.05, 0) is 38.0 Å². The number of carbonyl (C=O) groups excluding carboxylic acids is 2. The van der Waals surface area contributed by atoms with Gasteiger partial charge in [0.2, 0.25) is 0 Å². The SMILES string of the molecule is CCOCCCN1C(=O)C(c2ccc(OCC)cc2)=C(N(CCOC)CCOC)C1=O. The number of ether oxygens (including phenoxy) is 4. The van der Waals surface area contributed by atoms with Crippen LogP contribution in [0.5, 0.6) is 5.75 Å². The molecule has 31 heavy (non-hydrogen) atoms. The quantitative estimate of drug-likeness (QED) is 0.309. The van der Waals surface area contributed by atoms with Crippen LogP contribution in [0.3, 0.4) is 0 Å². The highest BCUT2D eigenvalue weighted by molar-refractivity contribution is 6.35. The van der Waals surface area contributed by atoms with Gasteiger partial charge in [0, 0.05) is 47.1 Å². The molecule has 0 bridgehead atoms. The Kier molecular flexibility index (Phi) is 10.5. The molecule has 8 heteroatoms.